The number of sulfonamides is 1. The summed E-state index contributed by atoms with van der Waals surface area (Å²) in [6.45, 7) is 7.33. The molecule has 0 aliphatic heterocycles. The maximum absolute atomic E-state index is 12.0. The fraction of sp³-hybridized carbons (Fsp3) is 0.545. The van der Waals surface area contributed by atoms with Gasteiger partial charge < -0.3 is 9.73 Å². The fourth-order valence-electron chi connectivity index (χ4n) is 1.65. The van der Waals surface area contributed by atoms with Crippen molar-refractivity contribution < 1.29 is 17.6 Å². The minimum absolute atomic E-state index is 0.00403. The van der Waals surface area contributed by atoms with Crippen LogP contribution in [0.25, 0.3) is 0 Å². The van der Waals surface area contributed by atoms with Gasteiger partial charge in [-0.1, -0.05) is 13.8 Å². The Labute approximate surface area is 107 Å². The number of carbonyl (C=O) groups excluding carboxylic acids is 1. The molecule has 1 aromatic heterocycles. The number of hydrogen-bond acceptors (Lipinski definition) is 4. The van der Waals surface area contributed by atoms with E-state index in [0.29, 0.717) is 6.54 Å². The lowest BCUT2D eigenvalue weighted by molar-refractivity contribution is 0.0944. The van der Waals surface area contributed by atoms with Crippen LogP contribution in [-0.2, 0) is 10.0 Å². The van der Waals surface area contributed by atoms with Crippen LogP contribution < -0.4 is 10.5 Å². The Balaban J connectivity index is 3.20. The van der Waals surface area contributed by atoms with E-state index in [9.17, 15) is 13.2 Å². The van der Waals surface area contributed by atoms with E-state index in [1.54, 1.807) is 0 Å². The summed E-state index contributed by atoms with van der Waals surface area (Å²) >= 11 is 0. The van der Waals surface area contributed by atoms with E-state index in [1.807, 2.05) is 13.8 Å². The normalized spacial score (nSPS) is 11.9. The molecule has 1 rings (SSSR count). The van der Waals surface area contributed by atoms with E-state index in [0.717, 1.165) is 0 Å². The summed E-state index contributed by atoms with van der Waals surface area (Å²) in [4.78, 5) is 11.7. The molecule has 18 heavy (non-hydrogen) atoms. The first-order valence-corrected chi connectivity index (χ1v) is 7.10. The minimum atomic E-state index is -3.98. The van der Waals surface area contributed by atoms with Crippen LogP contribution in [0.4, 0.5) is 0 Å². The molecule has 0 aliphatic rings. The van der Waals surface area contributed by atoms with Crippen LogP contribution in [0.5, 0.6) is 0 Å². The molecule has 7 heteroatoms. The van der Waals surface area contributed by atoms with Crippen LogP contribution in [0, 0.1) is 19.8 Å². The third-order valence-corrected chi connectivity index (χ3v) is 3.45. The van der Waals surface area contributed by atoms with Crippen LogP contribution >= 0.6 is 0 Å². The summed E-state index contributed by atoms with van der Waals surface area (Å²) in [7, 11) is -3.98. The van der Waals surface area contributed by atoms with E-state index in [1.165, 1.54) is 13.8 Å². The second-order valence-corrected chi connectivity index (χ2v) is 6.07. The molecule has 0 unspecified atom stereocenters. The monoisotopic (exact) mass is 274 g/mol. The Bertz CT molecular complexity index is 558. The number of hydrogen-bond donors (Lipinski definition) is 2. The molecule has 0 aliphatic carbocycles. The summed E-state index contributed by atoms with van der Waals surface area (Å²) in [5.74, 6) is 0.157. The average molecular weight is 274 g/mol. The number of nitrogens with two attached hydrogens (primary N) is 1. The first-order chi connectivity index (χ1) is 8.14. The quantitative estimate of drug-likeness (QED) is 0.852. The van der Waals surface area contributed by atoms with Gasteiger partial charge in [0.2, 0.25) is 10.0 Å². The molecule has 0 aromatic carbocycles. The van der Waals surface area contributed by atoms with Crippen LogP contribution in [-0.4, -0.2) is 20.9 Å². The molecule has 1 heterocycles. The van der Waals surface area contributed by atoms with Crippen LogP contribution in [0.1, 0.15) is 35.7 Å². The van der Waals surface area contributed by atoms with Crippen molar-refractivity contribution in [3.8, 4) is 0 Å². The number of primary sulfonamides is 1. The van der Waals surface area contributed by atoms with Gasteiger partial charge in [-0.15, -0.1) is 0 Å². The molecule has 0 spiro atoms. The molecule has 0 saturated heterocycles. The van der Waals surface area contributed by atoms with Crippen molar-refractivity contribution in [2.24, 2.45) is 11.1 Å². The van der Waals surface area contributed by atoms with Gasteiger partial charge in [0.05, 0.1) is 0 Å². The van der Waals surface area contributed by atoms with Crippen molar-refractivity contribution in [2.75, 3.05) is 6.54 Å². The van der Waals surface area contributed by atoms with Gasteiger partial charge in [-0.3, -0.25) is 4.79 Å². The van der Waals surface area contributed by atoms with E-state index < -0.39 is 15.9 Å². The Morgan fingerprint density at radius 2 is 1.89 bits per heavy atom. The zero-order valence-corrected chi connectivity index (χ0v) is 11.7. The van der Waals surface area contributed by atoms with Gasteiger partial charge in [-0.05, 0) is 19.8 Å². The van der Waals surface area contributed by atoms with Gasteiger partial charge >= 0.3 is 0 Å². The third-order valence-electron chi connectivity index (χ3n) is 2.39. The predicted molar refractivity (Wildman–Crippen MR) is 66.7 cm³/mol. The molecule has 0 atom stereocenters. The fourth-order valence-corrected chi connectivity index (χ4v) is 2.62. The molecular weight excluding hydrogens is 256 g/mol. The Morgan fingerprint density at radius 1 is 1.33 bits per heavy atom. The zero-order valence-electron chi connectivity index (χ0n) is 10.9. The molecule has 3 N–H and O–H groups in total. The number of furan rings is 1. The summed E-state index contributed by atoms with van der Waals surface area (Å²) in [6, 6.07) is 0. The maximum atomic E-state index is 12.0. The van der Waals surface area contributed by atoms with Crippen molar-refractivity contribution in [3.05, 3.63) is 17.1 Å². The molecular formula is C11H18N2O4S. The molecule has 6 nitrogen and oxygen atoms in total. The number of aryl methyl sites for hydroxylation is 2. The van der Waals surface area contributed by atoms with Gasteiger partial charge in [0.25, 0.3) is 5.91 Å². The van der Waals surface area contributed by atoms with Crippen molar-refractivity contribution in [3.63, 3.8) is 0 Å². The Kier molecular flexibility index (Phi) is 4.18. The second kappa shape index (κ2) is 5.11. The highest BCUT2D eigenvalue weighted by Gasteiger charge is 2.28. The average Bonchev–Trinajstić information content (AvgIpc) is 2.49. The van der Waals surface area contributed by atoms with Crippen molar-refractivity contribution in [1.82, 2.24) is 5.32 Å². The predicted octanol–water partition coefficient (Wildman–Crippen LogP) is 0.930. The number of amides is 1. The third kappa shape index (κ3) is 3.11. The maximum Gasteiger partial charge on any atom is 0.256 e. The van der Waals surface area contributed by atoms with Crippen LogP contribution in [0.3, 0.4) is 0 Å². The number of rotatable bonds is 4. The largest absolute Gasteiger partial charge is 0.464 e. The van der Waals surface area contributed by atoms with E-state index in [4.69, 9.17) is 9.56 Å². The summed E-state index contributed by atoms with van der Waals surface area (Å²) in [5, 5.41) is 7.74. The summed E-state index contributed by atoms with van der Waals surface area (Å²) in [6.07, 6.45) is 0. The SMILES string of the molecule is Cc1oc(C)c(S(N)(=O)=O)c1C(=O)NCC(C)C. The van der Waals surface area contributed by atoms with Crippen molar-refractivity contribution in [1.29, 1.82) is 0 Å². The minimum Gasteiger partial charge on any atom is -0.464 e. The second-order valence-electron chi connectivity index (χ2n) is 4.57. The van der Waals surface area contributed by atoms with Gasteiger partial charge in [-0.25, -0.2) is 13.6 Å². The lowest BCUT2D eigenvalue weighted by Crippen LogP contribution is -2.29. The van der Waals surface area contributed by atoms with Gasteiger partial charge in [0.15, 0.2) is 0 Å². The summed E-state index contributed by atoms with van der Waals surface area (Å²) in [5.41, 5.74) is -0.00403. The molecule has 0 saturated carbocycles. The van der Waals surface area contributed by atoms with Gasteiger partial charge in [0.1, 0.15) is 22.0 Å². The lowest BCUT2D eigenvalue weighted by Gasteiger charge is -2.08. The highest BCUT2D eigenvalue weighted by molar-refractivity contribution is 7.89. The Morgan fingerprint density at radius 3 is 2.33 bits per heavy atom. The van der Waals surface area contributed by atoms with Gasteiger partial charge in [-0.2, -0.15) is 0 Å². The smallest absolute Gasteiger partial charge is 0.256 e. The molecule has 0 bridgehead atoms. The molecule has 0 radical (unpaired) electrons. The molecule has 102 valence electrons. The van der Waals surface area contributed by atoms with E-state index in [2.05, 4.69) is 5.32 Å². The number of nitrogens with one attached hydrogen (secondary N) is 1. The number of carbonyl (C=O) groups is 1. The lowest BCUT2D eigenvalue weighted by atomic mass is 10.2. The van der Waals surface area contributed by atoms with Gasteiger partial charge in [0, 0.05) is 6.54 Å². The zero-order chi connectivity index (χ0) is 14.1. The van der Waals surface area contributed by atoms with Crippen LogP contribution in [0.2, 0.25) is 0 Å². The summed E-state index contributed by atoms with van der Waals surface area (Å²) < 4.78 is 28.1. The highest BCUT2D eigenvalue weighted by atomic mass is 32.2. The van der Waals surface area contributed by atoms with Crippen LogP contribution in [0.15, 0.2) is 9.31 Å². The molecule has 1 amide bonds. The molecule has 0 fully saturated rings. The first-order valence-electron chi connectivity index (χ1n) is 5.55. The van der Waals surface area contributed by atoms with E-state index in [-0.39, 0.29) is 27.9 Å². The standard InChI is InChI=1S/C11H18N2O4S/c1-6(2)5-13-11(14)9-7(3)17-8(4)10(9)18(12,15)16/h6H,5H2,1-4H3,(H,13,14)(H2,12,15,16). The highest BCUT2D eigenvalue weighted by Crippen LogP contribution is 2.25. The van der Waals surface area contributed by atoms with Crippen molar-refractivity contribution in [2.45, 2.75) is 32.6 Å². The van der Waals surface area contributed by atoms with E-state index >= 15 is 0 Å². The van der Waals surface area contributed by atoms with Crippen molar-refractivity contribution >= 4 is 15.9 Å². The Hall–Kier alpha value is -1.34. The topological polar surface area (TPSA) is 102 Å². The molecule has 1 aromatic rings. The first kappa shape index (κ1) is 14.7.